The van der Waals surface area contributed by atoms with E-state index in [1.807, 2.05) is 30.3 Å². The molecule has 3 rings (SSSR count). The van der Waals surface area contributed by atoms with Crippen molar-refractivity contribution in [1.29, 1.82) is 0 Å². The molecule has 0 heterocycles. The maximum Gasteiger partial charge on any atom is 0.407 e. The molecule has 9 nitrogen and oxygen atoms in total. The topological polar surface area (TPSA) is 134 Å². The Morgan fingerprint density at radius 3 is 1.68 bits per heavy atom. The zero-order valence-electron chi connectivity index (χ0n) is 20.1. The number of benzene rings is 3. The molecule has 4 N–H and O–H groups in total. The molecule has 0 aliphatic rings. The van der Waals surface area contributed by atoms with Gasteiger partial charge in [0.25, 0.3) is 0 Å². The predicted octanol–water partition coefficient (Wildman–Crippen LogP) is 2.45. The Kier molecular flexibility index (Phi) is 10.2. The lowest BCUT2D eigenvalue weighted by atomic mass is 10.0. The van der Waals surface area contributed by atoms with Crippen LogP contribution in [-0.2, 0) is 38.6 Å². The fraction of sp³-hybridized carbons (Fsp3) is 0.214. The molecule has 3 aromatic carbocycles. The van der Waals surface area contributed by atoms with Crippen LogP contribution in [0.4, 0.5) is 4.79 Å². The van der Waals surface area contributed by atoms with Crippen LogP contribution in [0.3, 0.4) is 0 Å². The van der Waals surface area contributed by atoms with E-state index < -0.39 is 42.5 Å². The fourth-order valence-corrected chi connectivity index (χ4v) is 3.55. The molecular weight excluding hydrogens is 474 g/mol. The normalized spacial score (nSPS) is 12.0. The van der Waals surface area contributed by atoms with Crippen molar-refractivity contribution in [2.45, 2.75) is 31.5 Å². The van der Waals surface area contributed by atoms with E-state index in [1.54, 1.807) is 60.7 Å². The highest BCUT2D eigenvalue weighted by molar-refractivity contribution is 5.91. The number of carboxylic acids is 1. The molecule has 0 spiro atoms. The standard InChI is InChI=1S/C28H29N3O6/c32-25(18-29-28(36)37-19-22-14-8-3-9-15-22)30-23(16-20-10-4-1-5-11-20)26(33)31-24(27(34)35)17-21-12-6-2-7-13-21/h1-15,23-24H,16-19H2,(H,29,36)(H,30,32)(H,31,33)(H,34,35)/t23-,24-/m0/s1. The molecule has 0 radical (unpaired) electrons. The smallest absolute Gasteiger partial charge is 0.407 e. The summed E-state index contributed by atoms with van der Waals surface area (Å²) in [6.45, 7) is -0.371. The van der Waals surface area contributed by atoms with Crippen LogP contribution in [0.5, 0.6) is 0 Å². The van der Waals surface area contributed by atoms with Gasteiger partial charge in [0.05, 0.1) is 0 Å². The van der Waals surface area contributed by atoms with Gasteiger partial charge in [-0.1, -0.05) is 91.0 Å². The Bertz CT molecular complexity index is 1170. The van der Waals surface area contributed by atoms with Gasteiger partial charge in [-0.3, -0.25) is 9.59 Å². The number of hydrogen-bond donors (Lipinski definition) is 4. The first-order valence-corrected chi connectivity index (χ1v) is 11.8. The second kappa shape index (κ2) is 14.0. The van der Waals surface area contributed by atoms with E-state index >= 15 is 0 Å². The number of rotatable bonds is 12. The molecule has 0 fully saturated rings. The van der Waals surface area contributed by atoms with Crippen LogP contribution in [0.1, 0.15) is 16.7 Å². The molecule has 2 atom stereocenters. The highest BCUT2D eigenvalue weighted by Crippen LogP contribution is 2.07. The Morgan fingerprint density at radius 2 is 1.16 bits per heavy atom. The van der Waals surface area contributed by atoms with Crippen molar-refractivity contribution >= 4 is 23.9 Å². The minimum atomic E-state index is -1.19. The van der Waals surface area contributed by atoms with Crippen molar-refractivity contribution in [3.8, 4) is 0 Å². The molecule has 9 heteroatoms. The van der Waals surface area contributed by atoms with E-state index in [-0.39, 0.29) is 19.4 Å². The Morgan fingerprint density at radius 1 is 0.676 bits per heavy atom. The van der Waals surface area contributed by atoms with Crippen molar-refractivity contribution in [2.75, 3.05) is 6.54 Å². The van der Waals surface area contributed by atoms with Gasteiger partial charge in [-0.15, -0.1) is 0 Å². The Labute approximate surface area is 214 Å². The minimum absolute atomic E-state index is 0.0469. The number of hydrogen-bond acceptors (Lipinski definition) is 5. The average Bonchev–Trinajstić information content (AvgIpc) is 2.91. The number of carbonyl (C=O) groups is 4. The van der Waals surface area contributed by atoms with Gasteiger partial charge < -0.3 is 25.8 Å². The van der Waals surface area contributed by atoms with Crippen molar-refractivity contribution in [3.05, 3.63) is 108 Å². The van der Waals surface area contributed by atoms with Crippen molar-refractivity contribution in [1.82, 2.24) is 16.0 Å². The number of carbonyl (C=O) groups excluding carboxylic acids is 3. The summed E-state index contributed by atoms with van der Waals surface area (Å²) in [6.07, 6.45) is -0.561. The third kappa shape index (κ3) is 9.48. The van der Waals surface area contributed by atoms with Crippen molar-refractivity contribution < 1.29 is 29.0 Å². The van der Waals surface area contributed by atoms with Gasteiger partial charge in [0, 0.05) is 12.8 Å². The molecule has 0 aromatic heterocycles. The van der Waals surface area contributed by atoms with Crippen LogP contribution in [0.15, 0.2) is 91.0 Å². The van der Waals surface area contributed by atoms with Gasteiger partial charge in [-0.05, 0) is 16.7 Å². The number of carboxylic acid groups (broad SMARTS) is 1. The summed E-state index contributed by atoms with van der Waals surface area (Å²) in [7, 11) is 0. The Balaban J connectivity index is 1.59. The van der Waals surface area contributed by atoms with E-state index in [4.69, 9.17) is 4.74 Å². The van der Waals surface area contributed by atoms with Crippen LogP contribution in [0.25, 0.3) is 0 Å². The fourth-order valence-electron chi connectivity index (χ4n) is 3.55. The second-order valence-electron chi connectivity index (χ2n) is 8.31. The second-order valence-corrected chi connectivity index (χ2v) is 8.31. The predicted molar refractivity (Wildman–Crippen MR) is 136 cm³/mol. The molecule has 37 heavy (non-hydrogen) atoms. The maximum absolute atomic E-state index is 13.1. The molecule has 0 unspecified atom stereocenters. The van der Waals surface area contributed by atoms with Crippen LogP contribution < -0.4 is 16.0 Å². The molecule has 3 aromatic rings. The molecule has 0 aliphatic heterocycles. The summed E-state index contributed by atoms with van der Waals surface area (Å²) >= 11 is 0. The largest absolute Gasteiger partial charge is 0.480 e. The van der Waals surface area contributed by atoms with Crippen molar-refractivity contribution in [3.63, 3.8) is 0 Å². The quantitative estimate of drug-likeness (QED) is 0.300. The van der Waals surface area contributed by atoms with Crippen LogP contribution in [-0.4, -0.2) is 47.6 Å². The van der Waals surface area contributed by atoms with E-state index in [0.29, 0.717) is 0 Å². The summed E-state index contributed by atoms with van der Waals surface area (Å²) in [6, 6.07) is 24.8. The number of alkyl carbamates (subject to hydrolysis) is 1. The van der Waals surface area contributed by atoms with Crippen LogP contribution in [0.2, 0.25) is 0 Å². The van der Waals surface area contributed by atoms with E-state index in [0.717, 1.165) is 16.7 Å². The molecule has 0 bridgehead atoms. The first kappa shape index (κ1) is 26.9. The van der Waals surface area contributed by atoms with Gasteiger partial charge in [0.15, 0.2) is 0 Å². The number of ether oxygens (including phenoxy) is 1. The lowest BCUT2D eigenvalue weighted by Crippen LogP contribution is -2.54. The number of amides is 3. The minimum Gasteiger partial charge on any atom is -0.480 e. The van der Waals surface area contributed by atoms with Gasteiger partial charge in [-0.25, -0.2) is 9.59 Å². The summed E-state index contributed by atoms with van der Waals surface area (Å²) in [4.78, 5) is 49.4. The first-order chi connectivity index (χ1) is 17.9. The highest BCUT2D eigenvalue weighted by Gasteiger charge is 2.27. The van der Waals surface area contributed by atoms with Gasteiger partial charge >= 0.3 is 12.1 Å². The molecule has 0 saturated heterocycles. The molecule has 192 valence electrons. The van der Waals surface area contributed by atoms with E-state index in [2.05, 4.69) is 16.0 Å². The van der Waals surface area contributed by atoms with E-state index in [1.165, 1.54) is 0 Å². The number of aliphatic carboxylic acids is 1. The molecule has 0 saturated carbocycles. The third-order valence-corrected chi connectivity index (χ3v) is 5.44. The maximum atomic E-state index is 13.1. The van der Waals surface area contributed by atoms with Gasteiger partial charge in [0.1, 0.15) is 25.2 Å². The lowest BCUT2D eigenvalue weighted by molar-refractivity contribution is -0.142. The summed E-state index contributed by atoms with van der Waals surface area (Å²) in [5, 5.41) is 17.1. The zero-order chi connectivity index (χ0) is 26.5. The molecule has 3 amide bonds. The zero-order valence-corrected chi connectivity index (χ0v) is 20.1. The van der Waals surface area contributed by atoms with Crippen LogP contribution >= 0.6 is 0 Å². The van der Waals surface area contributed by atoms with Gasteiger partial charge in [-0.2, -0.15) is 0 Å². The highest BCUT2D eigenvalue weighted by atomic mass is 16.5. The van der Waals surface area contributed by atoms with Crippen molar-refractivity contribution in [2.24, 2.45) is 0 Å². The molecular formula is C28H29N3O6. The first-order valence-electron chi connectivity index (χ1n) is 11.8. The summed E-state index contributed by atoms with van der Waals surface area (Å²) < 4.78 is 5.09. The third-order valence-electron chi connectivity index (χ3n) is 5.44. The summed E-state index contributed by atoms with van der Waals surface area (Å²) in [5.41, 5.74) is 2.32. The van der Waals surface area contributed by atoms with Crippen LogP contribution in [0, 0.1) is 0 Å². The monoisotopic (exact) mass is 503 g/mol. The Hall–Kier alpha value is -4.66. The lowest BCUT2D eigenvalue weighted by Gasteiger charge is -2.22. The molecule has 0 aliphatic carbocycles. The van der Waals surface area contributed by atoms with Gasteiger partial charge in [0.2, 0.25) is 11.8 Å². The SMILES string of the molecule is O=C(CNC(=O)OCc1ccccc1)N[C@@H](Cc1ccccc1)C(=O)N[C@@H](Cc1ccccc1)C(=O)O. The summed E-state index contributed by atoms with van der Waals surface area (Å²) in [5.74, 6) is -2.46. The van der Waals surface area contributed by atoms with E-state index in [9.17, 15) is 24.3 Å². The number of nitrogens with one attached hydrogen (secondary N) is 3. The average molecular weight is 504 g/mol.